The second kappa shape index (κ2) is 8.65. The van der Waals surface area contributed by atoms with Crippen LogP contribution in [-0.2, 0) is 6.18 Å². The lowest BCUT2D eigenvalue weighted by Gasteiger charge is -2.31. The Bertz CT molecular complexity index is 868. The molecule has 0 saturated heterocycles. The predicted octanol–water partition coefficient (Wildman–Crippen LogP) is 7.16. The molecule has 166 valence electrons. The van der Waals surface area contributed by atoms with E-state index in [0.29, 0.717) is 5.39 Å². The van der Waals surface area contributed by atoms with Crippen molar-refractivity contribution in [1.29, 1.82) is 0 Å². The van der Waals surface area contributed by atoms with Crippen molar-refractivity contribution in [2.45, 2.75) is 69.9 Å². The van der Waals surface area contributed by atoms with Crippen LogP contribution in [0.5, 0.6) is 5.75 Å². The molecule has 0 aromatic heterocycles. The van der Waals surface area contributed by atoms with E-state index in [1.165, 1.54) is 12.1 Å². The zero-order valence-electron chi connectivity index (χ0n) is 16.6. The molecule has 0 aliphatic heterocycles. The van der Waals surface area contributed by atoms with Gasteiger partial charge in [-0.15, -0.1) is 0 Å². The van der Waals surface area contributed by atoms with Gasteiger partial charge in [-0.25, -0.2) is 0 Å². The standard InChI is InChI=1S/C22H25F6NO/c1-2-3-18(29)14-4-10-17-13(12-14)5-11-19(20(17)22(26,27)28)30-16-8-6-15(7-9-16)21(23,24)25/h4-5,10-12,15-16,18H,2-3,6-9,29H2,1H3. The molecule has 3 rings (SSSR count). The molecule has 0 amide bonds. The Kier molecular flexibility index (Phi) is 6.55. The van der Waals surface area contributed by atoms with Gasteiger partial charge < -0.3 is 10.5 Å². The molecule has 0 radical (unpaired) electrons. The smallest absolute Gasteiger partial charge is 0.420 e. The quantitative estimate of drug-likeness (QED) is 0.508. The van der Waals surface area contributed by atoms with Gasteiger partial charge in [0.2, 0.25) is 0 Å². The lowest BCUT2D eigenvalue weighted by molar-refractivity contribution is -0.185. The van der Waals surface area contributed by atoms with Crippen molar-refractivity contribution in [2.75, 3.05) is 0 Å². The van der Waals surface area contributed by atoms with Crippen LogP contribution < -0.4 is 10.5 Å². The lowest BCUT2D eigenvalue weighted by Crippen LogP contribution is -2.32. The minimum absolute atomic E-state index is 0.00331. The highest BCUT2D eigenvalue weighted by molar-refractivity contribution is 5.89. The van der Waals surface area contributed by atoms with Gasteiger partial charge in [-0.05, 0) is 60.6 Å². The van der Waals surface area contributed by atoms with Gasteiger partial charge in [0.05, 0.1) is 12.0 Å². The number of hydrogen-bond donors (Lipinski definition) is 1. The molecular weight excluding hydrogens is 408 g/mol. The Labute approximate surface area is 171 Å². The van der Waals surface area contributed by atoms with Crippen molar-refractivity contribution >= 4 is 10.8 Å². The van der Waals surface area contributed by atoms with Gasteiger partial charge in [-0.2, -0.15) is 26.3 Å². The van der Waals surface area contributed by atoms with Crippen LogP contribution in [0.4, 0.5) is 26.3 Å². The topological polar surface area (TPSA) is 35.2 Å². The summed E-state index contributed by atoms with van der Waals surface area (Å²) in [5, 5.41) is 0.399. The Morgan fingerprint density at radius 2 is 1.67 bits per heavy atom. The first-order valence-corrected chi connectivity index (χ1v) is 10.1. The first kappa shape index (κ1) is 22.7. The third kappa shape index (κ3) is 5.02. The van der Waals surface area contributed by atoms with Crippen LogP contribution in [0.2, 0.25) is 0 Å². The third-order valence-corrected chi connectivity index (χ3v) is 5.75. The molecule has 0 heterocycles. The Hall–Kier alpha value is -1.96. The largest absolute Gasteiger partial charge is 0.490 e. The van der Waals surface area contributed by atoms with E-state index >= 15 is 0 Å². The second-order valence-corrected chi connectivity index (χ2v) is 7.95. The van der Waals surface area contributed by atoms with Gasteiger partial charge in [0.15, 0.2) is 0 Å². The number of alkyl halides is 6. The van der Waals surface area contributed by atoms with Crippen LogP contribution in [0.1, 0.15) is 62.6 Å². The first-order valence-electron chi connectivity index (χ1n) is 10.1. The average molecular weight is 433 g/mol. The van der Waals surface area contributed by atoms with Crippen molar-refractivity contribution in [2.24, 2.45) is 11.7 Å². The van der Waals surface area contributed by atoms with Gasteiger partial charge >= 0.3 is 12.4 Å². The molecule has 1 unspecified atom stereocenters. The number of benzene rings is 2. The Balaban J connectivity index is 1.89. The molecule has 2 aromatic rings. The van der Waals surface area contributed by atoms with Crippen molar-refractivity contribution in [3.05, 3.63) is 41.5 Å². The third-order valence-electron chi connectivity index (χ3n) is 5.75. The molecular formula is C22H25F6NO. The van der Waals surface area contributed by atoms with Gasteiger partial charge in [0.1, 0.15) is 11.3 Å². The highest BCUT2D eigenvalue weighted by Gasteiger charge is 2.42. The van der Waals surface area contributed by atoms with E-state index in [-0.39, 0.29) is 42.9 Å². The van der Waals surface area contributed by atoms with E-state index < -0.39 is 29.9 Å². The summed E-state index contributed by atoms with van der Waals surface area (Å²) in [4.78, 5) is 0. The fourth-order valence-electron chi connectivity index (χ4n) is 4.11. The summed E-state index contributed by atoms with van der Waals surface area (Å²) in [6.07, 6.45) is -8.15. The van der Waals surface area contributed by atoms with Crippen molar-refractivity contribution in [3.8, 4) is 5.75 Å². The molecule has 1 atom stereocenters. The number of nitrogens with two attached hydrogens (primary N) is 1. The van der Waals surface area contributed by atoms with Crippen molar-refractivity contribution in [1.82, 2.24) is 0 Å². The highest BCUT2D eigenvalue weighted by atomic mass is 19.4. The molecule has 0 bridgehead atoms. The lowest BCUT2D eigenvalue weighted by atomic mass is 9.87. The molecule has 0 spiro atoms. The van der Waals surface area contributed by atoms with Crippen LogP contribution >= 0.6 is 0 Å². The van der Waals surface area contributed by atoms with Gasteiger partial charge in [0.25, 0.3) is 0 Å². The van der Waals surface area contributed by atoms with Gasteiger partial charge in [-0.3, -0.25) is 0 Å². The summed E-state index contributed by atoms with van der Waals surface area (Å²) in [5.41, 5.74) is 5.95. The summed E-state index contributed by atoms with van der Waals surface area (Å²) in [7, 11) is 0. The molecule has 1 fully saturated rings. The summed E-state index contributed by atoms with van der Waals surface area (Å²) in [6, 6.07) is 7.20. The fraction of sp³-hybridized carbons (Fsp3) is 0.545. The molecule has 1 saturated carbocycles. The molecule has 1 aliphatic carbocycles. The van der Waals surface area contributed by atoms with Crippen molar-refractivity contribution in [3.63, 3.8) is 0 Å². The van der Waals surface area contributed by atoms with Crippen LogP contribution in [0.3, 0.4) is 0 Å². The van der Waals surface area contributed by atoms with E-state index in [4.69, 9.17) is 10.5 Å². The fourth-order valence-corrected chi connectivity index (χ4v) is 4.11. The van der Waals surface area contributed by atoms with Crippen LogP contribution in [-0.4, -0.2) is 12.3 Å². The van der Waals surface area contributed by atoms with Gasteiger partial charge in [0, 0.05) is 6.04 Å². The summed E-state index contributed by atoms with van der Waals surface area (Å²) in [5.74, 6) is -1.75. The second-order valence-electron chi connectivity index (χ2n) is 7.95. The zero-order chi connectivity index (χ0) is 22.1. The Morgan fingerprint density at radius 3 is 2.23 bits per heavy atom. The van der Waals surface area contributed by atoms with E-state index in [1.807, 2.05) is 6.92 Å². The normalized spacial score (nSPS) is 21.6. The molecule has 30 heavy (non-hydrogen) atoms. The number of ether oxygens (including phenoxy) is 1. The van der Waals surface area contributed by atoms with E-state index in [0.717, 1.165) is 18.4 Å². The number of hydrogen-bond acceptors (Lipinski definition) is 2. The SMILES string of the molecule is CCCC(N)c1ccc2c(C(F)(F)F)c(OC3CCC(C(F)(F)F)CC3)ccc2c1. The van der Waals surface area contributed by atoms with Crippen LogP contribution in [0.25, 0.3) is 10.8 Å². The predicted molar refractivity (Wildman–Crippen MR) is 103 cm³/mol. The van der Waals surface area contributed by atoms with E-state index in [2.05, 4.69) is 0 Å². The van der Waals surface area contributed by atoms with E-state index in [9.17, 15) is 26.3 Å². The van der Waals surface area contributed by atoms with E-state index in [1.54, 1.807) is 18.2 Å². The molecule has 2 nitrogen and oxygen atoms in total. The Morgan fingerprint density at radius 1 is 1.00 bits per heavy atom. The summed E-state index contributed by atoms with van der Waals surface area (Å²) >= 11 is 0. The number of halogens is 6. The maximum absolute atomic E-state index is 13.9. The average Bonchev–Trinajstić information content (AvgIpc) is 2.66. The minimum Gasteiger partial charge on any atom is -0.490 e. The maximum Gasteiger partial charge on any atom is 0.420 e. The van der Waals surface area contributed by atoms with Crippen LogP contribution in [0, 0.1) is 5.92 Å². The molecule has 2 aromatic carbocycles. The molecule has 2 N–H and O–H groups in total. The minimum atomic E-state index is -4.66. The number of rotatable bonds is 5. The first-order chi connectivity index (χ1) is 14.0. The molecule has 1 aliphatic rings. The summed E-state index contributed by atoms with van der Waals surface area (Å²) in [6.45, 7) is 1.98. The molecule has 8 heteroatoms. The zero-order valence-corrected chi connectivity index (χ0v) is 16.6. The maximum atomic E-state index is 13.9. The summed E-state index contributed by atoms with van der Waals surface area (Å²) < 4.78 is 85.7. The van der Waals surface area contributed by atoms with Crippen molar-refractivity contribution < 1.29 is 31.1 Å². The number of fused-ring (bicyclic) bond motifs is 1. The highest BCUT2D eigenvalue weighted by Crippen LogP contribution is 2.44. The monoisotopic (exact) mass is 433 g/mol. The van der Waals surface area contributed by atoms with Gasteiger partial charge in [-0.1, -0.05) is 31.5 Å². The van der Waals surface area contributed by atoms with Crippen LogP contribution in [0.15, 0.2) is 30.3 Å².